The lowest BCUT2D eigenvalue weighted by atomic mass is 10.1. The Labute approximate surface area is 108 Å². The van der Waals surface area contributed by atoms with Gasteiger partial charge in [-0.15, -0.1) is 11.3 Å². The smallest absolute Gasteiger partial charge is 0.0972 e. The summed E-state index contributed by atoms with van der Waals surface area (Å²) in [4.78, 5) is 8.87. The summed E-state index contributed by atoms with van der Waals surface area (Å²) in [5.41, 5.74) is 1.36. The van der Waals surface area contributed by atoms with E-state index in [0.717, 1.165) is 19.5 Å². The van der Waals surface area contributed by atoms with E-state index in [0.29, 0.717) is 5.92 Å². The molecule has 4 heteroatoms. The van der Waals surface area contributed by atoms with Crippen molar-refractivity contribution >= 4 is 11.3 Å². The van der Waals surface area contributed by atoms with Gasteiger partial charge in [0.05, 0.1) is 10.7 Å². The van der Waals surface area contributed by atoms with Crippen molar-refractivity contribution in [2.24, 2.45) is 0 Å². The zero-order valence-electron chi connectivity index (χ0n) is 11.1. The lowest BCUT2D eigenvalue weighted by Crippen LogP contribution is -2.30. The second-order valence-corrected chi connectivity index (χ2v) is 6.02. The summed E-state index contributed by atoms with van der Waals surface area (Å²) < 4.78 is 0. The molecule has 1 aliphatic heterocycles. The molecule has 1 aromatic heterocycles. The van der Waals surface area contributed by atoms with Gasteiger partial charge in [-0.2, -0.15) is 0 Å². The Hall–Kier alpha value is -0.450. The molecule has 0 radical (unpaired) electrons. The molecule has 1 aliphatic rings. The van der Waals surface area contributed by atoms with Crippen LogP contribution in [0, 0.1) is 0 Å². The molecule has 0 saturated heterocycles. The van der Waals surface area contributed by atoms with Gasteiger partial charge in [-0.05, 0) is 20.0 Å². The van der Waals surface area contributed by atoms with Crippen LogP contribution in [-0.4, -0.2) is 36.6 Å². The summed E-state index contributed by atoms with van der Waals surface area (Å²) in [7, 11) is 2.01. The minimum atomic E-state index is 0.537. The molecule has 3 nitrogen and oxygen atoms in total. The predicted molar refractivity (Wildman–Crippen MR) is 73.7 cm³/mol. The zero-order valence-corrected chi connectivity index (χ0v) is 11.9. The maximum atomic E-state index is 4.82. The second kappa shape index (κ2) is 5.94. The van der Waals surface area contributed by atoms with E-state index < -0.39 is 0 Å². The second-order valence-electron chi connectivity index (χ2n) is 4.91. The Morgan fingerprint density at radius 2 is 2.35 bits per heavy atom. The zero-order chi connectivity index (χ0) is 12.3. The monoisotopic (exact) mass is 253 g/mol. The first-order valence-corrected chi connectivity index (χ1v) is 7.41. The molecule has 0 bridgehead atoms. The molecule has 2 rings (SSSR count). The summed E-state index contributed by atoms with van der Waals surface area (Å²) >= 11 is 1.92. The molecule has 0 amide bonds. The molecule has 0 aromatic carbocycles. The van der Waals surface area contributed by atoms with E-state index in [1.165, 1.54) is 35.1 Å². The molecule has 1 N–H and O–H groups in total. The molecular weight excluding hydrogens is 230 g/mol. The van der Waals surface area contributed by atoms with E-state index >= 15 is 0 Å². The van der Waals surface area contributed by atoms with Crippen molar-refractivity contribution in [2.75, 3.05) is 26.7 Å². The summed E-state index contributed by atoms with van der Waals surface area (Å²) in [6, 6.07) is 0. The summed E-state index contributed by atoms with van der Waals surface area (Å²) in [6.45, 7) is 9.05. The lowest BCUT2D eigenvalue weighted by molar-refractivity contribution is 0.256. The molecule has 1 aromatic rings. The molecule has 17 heavy (non-hydrogen) atoms. The first-order chi connectivity index (χ1) is 8.24. The van der Waals surface area contributed by atoms with Crippen LogP contribution in [0.25, 0.3) is 0 Å². The van der Waals surface area contributed by atoms with Crippen LogP contribution in [0.2, 0.25) is 0 Å². The van der Waals surface area contributed by atoms with Gasteiger partial charge in [0, 0.05) is 36.9 Å². The van der Waals surface area contributed by atoms with E-state index in [2.05, 4.69) is 24.1 Å². The Kier molecular flexibility index (Phi) is 4.54. The molecular formula is C13H23N3S. The number of likely N-dealkylation sites (N-methyl/N-ethyl adjacent to an activating group) is 1. The third kappa shape index (κ3) is 3.06. The fourth-order valence-corrected chi connectivity index (χ4v) is 3.59. The molecule has 2 heterocycles. The van der Waals surface area contributed by atoms with Gasteiger partial charge in [-0.25, -0.2) is 4.98 Å². The van der Waals surface area contributed by atoms with Gasteiger partial charge >= 0.3 is 0 Å². The highest BCUT2D eigenvalue weighted by Gasteiger charge is 2.21. The van der Waals surface area contributed by atoms with E-state index in [-0.39, 0.29) is 0 Å². The van der Waals surface area contributed by atoms with Crippen LogP contribution in [-0.2, 0) is 13.0 Å². The number of aromatic nitrogens is 1. The number of hydrogen-bond acceptors (Lipinski definition) is 4. The summed E-state index contributed by atoms with van der Waals surface area (Å²) in [5, 5.41) is 4.54. The Morgan fingerprint density at radius 1 is 1.53 bits per heavy atom. The molecule has 0 saturated carbocycles. The van der Waals surface area contributed by atoms with Gasteiger partial charge in [-0.1, -0.05) is 13.8 Å². The number of nitrogens with one attached hydrogen (secondary N) is 1. The SMILES string of the molecule is CCCN1CCc2nc(C(C)CNC)sc2C1. The van der Waals surface area contributed by atoms with Crippen LogP contribution in [0.15, 0.2) is 0 Å². The topological polar surface area (TPSA) is 28.2 Å². The van der Waals surface area contributed by atoms with Crippen LogP contribution in [0.5, 0.6) is 0 Å². The molecule has 96 valence electrons. The molecule has 0 aliphatic carbocycles. The first kappa shape index (κ1) is 13.0. The quantitative estimate of drug-likeness (QED) is 0.872. The number of nitrogens with zero attached hydrogens (tertiary/aromatic N) is 2. The van der Waals surface area contributed by atoms with Gasteiger partial charge in [0.2, 0.25) is 0 Å². The van der Waals surface area contributed by atoms with Crippen molar-refractivity contribution in [2.45, 2.75) is 39.2 Å². The molecule has 0 fully saturated rings. The molecule has 1 atom stereocenters. The van der Waals surface area contributed by atoms with E-state index in [9.17, 15) is 0 Å². The number of rotatable bonds is 5. The van der Waals surface area contributed by atoms with E-state index in [4.69, 9.17) is 4.98 Å². The first-order valence-electron chi connectivity index (χ1n) is 6.60. The standard InChI is InChI=1S/C13H23N3S/c1-4-6-16-7-5-11-12(9-16)17-13(15-11)10(2)8-14-3/h10,14H,4-9H2,1-3H3. The average molecular weight is 253 g/mol. The van der Waals surface area contributed by atoms with Crippen molar-refractivity contribution in [1.82, 2.24) is 15.2 Å². The fraction of sp³-hybridized carbons (Fsp3) is 0.769. The number of thiazole rings is 1. The minimum Gasteiger partial charge on any atom is -0.319 e. The normalized spacial score (nSPS) is 18.1. The highest BCUT2D eigenvalue weighted by Crippen LogP contribution is 2.29. The van der Waals surface area contributed by atoms with Crippen LogP contribution < -0.4 is 5.32 Å². The lowest BCUT2D eigenvalue weighted by Gasteiger charge is -2.25. The number of fused-ring (bicyclic) bond motifs is 1. The fourth-order valence-electron chi connectivity index (χ4n) is 2.38. The summed E-state index contributed by atoms with van der Waals surface area (Å²) in [5.74, 6) is 0.537. The van der Waals surface area contributed by atoms with E-state index in [1.807, 2.05) is 18.4 Å². The Bertz CT molecular complexity index is 362. The third-order valence-electron chi connectivity index (χ3n) is 3.30. The van der Waals surface area contributed by atoms with Crippen LogP contribution in [0.4, 0.5) is 0 Å². The van der Waals surface area contributed by atoms with Crippen molar-refractivity contribution in [3.63, 3.8) is 0 Å². The Morgan fingerprint density at radius 3 is 3.06 bits per heavy atom. The van der Waals surface area contributed by atoms with Gasteiger partial charge < -0.3 is 5.32 Å². The molecule has 0 spiro atoms. The van der Waals surface area contributed by atoms with Crippen LogP contribution in [0.3, 0.4) is 0 Å². The maximum Gasteiger partial charge on any atom is 0.0972 e. The van der Waals surface area contributed by atoms with Gasteiger partial charge in [0.1, 0.15) is 0 Å². The molecule has 1 unspecified atom stereocenters. The van der Waals surface area contributed by atoms with Gasteiger partial charge in [0.25, 0.3) is 0 Å². The van der Waals surface area contributed by atoms with Gasteiger partial charge in [0.15, 0.2) is 0 Å². The Balaban J connectivity index is 2.06. The largest absolute Gasteiger partial charge is 0.319 e. The summed E-state index contributed by atoms with van der Waals surface area (Å²) in [6.07, 6.45) is 2.38. The average Bonchev–Trinajstić information content (AvgIpc) is 2.73. The van der Waals surface area contributed by atoms with Crippen molar-refractivity contribution in [3.8, 4) is 0 Å². The number of hydrogen-bond donors (Lipinski definition) is 1. The van der Waals surface area contributed by atoms with Crippen LogP contribution >= 0.6 is 11.3 Å². The van der Waals surface area contributed by atoms with Crippen molar-refractivity contribution in [3.05, 3.63) is 15.6 Å². The van der Waals surface area contributed by atoms with E-state index in [1.54, 1.807) is 0 Å². The highest BCUT2D eigenvalue weighted by atomic mass is 32.1. The van der Waals surface area contributed by atoms with Crippen molar-refractivity contribution in [1.29, 1.82) is 0 Å². The third-order valence-corrected chi connectivity index (χ3v) is 4.61. The predicted octanol–water partition coefficient (Wildman–Crippen LogP) is 2.23. The van der Waals surface area contributed by atoms with Crippen LogP contribution in [0.1, 0.15) is 41.8 Å². The maximum absolute atomic E-state index is 4.82. The highest BCUT2D eigenvalue weighted by molar-refractivity contribution is 7.11. The van der Waals surface area contributed by atoms with Crippen molar-refractivity contribution < 1.29 is 0 Å². The van der Waals surface area contributed by atoms with Gasteiger partial charge in [-0.3, -0.25) is 4.90 Å². The minimum absolute atomic E-state index is 0.537.